The summed E-state index contributed by atoms with van der Waals surface area (Å²) < 4.78 is 2.10. The molecule has 1 N–H and O–H groups in total. The predicted molar refractivity (Wildman–Crippen MR) is 109 cm³/mol. The minimum Gasteiger partial charge on any atom is -0.392 e. The highest BCUT2D eigenvalue weighted by atomic mass is 16.3. The molecule has 3 aromatic carbocycles. The molecule has 0 saturated carbocycles. The maximum Gasteiger partial charge on any atom is 0.0991 e. The van der Waals surface area contributed by atoms with Gasteiger partial charge in [0.1, 0.15) is 0 Å². The highest BCUT2D eigenvalue weighted by Gasteiger charge is 2.15. The number of nitriles is 1. The second-order valence-corrected chi connectivity index (χ2v) is 6.60. The molecule has 0 fully saturated rings. The molecule has 1 heterocycles. The van der Waals surface area contributed by atoms with Crippen LogP contribution in [-0.2, 0) is 13.2 Å². The van der Waals surface area contributed by atoms with Crippen molar-refractivity contribution >= 4 is 0 Å². The molecule has 0 unspecified atom stereocenters. The van der Waals surface area contributed by atoms with Crippen LogP contribution in [0.2, 0.25) is 0 Å². The number of aromatic nitrogens is 2. The smallest absolute Gasteiger partial charge is 0.0991 e. The summed E-state index contributed by atoms with van der Waals surface area (Å²) in [5.74, 6) is 0. The Labute approximate surface area is 164 Å². The van der Waals surface area contributed by atoms with Crippen molar-refractivity contribution in [1.82, 2.24) is 9.55 Å². The van der Waals surface area contributed by atoms with Crippen LogP contribution in [0.25, 0.3) is 22.5 Å². The zero-order valence-electron chi connectivity index (χ0n) is 15.3. The SMILES string of the molecule is N#Cc1cccc(-c2c(-c3ccccc3)ncn2Cc2ccc(CO)cc2)c1. The lowest BCUT2D eigenvalue weighted by Gasteiger charge is -2.12. The maximum atomic E-state index is 9.31. The average Bonchev–Trinajstić information content (AvgIpc) is 3.18. The Morgan fingerprint density at radius 2 is 1.57 bits per heavy atom. The van der Waals surface area contributed by atoms with Crippen LogP contribution in [0, 0.1) is 11.3 Å². The molecule has 0 aliphatic heterocycles. The predicted octanol–water partition coefficient (Wildman–Crippen LogP) is 4.63. The van der Waals surface area contributed by atoms with Crippen LogP contribution in [0.1, 0.15) is 16.7 Å². The summed E-state index contributed by atoms with van der Waals surface area (Å²) in [4.78, 5) is 4.69. The molecule has 0 aliphatic carbocycles. The average molecular weight is 365 g/mol. The first-order valence-electron chi connectivity index (χ1n) is 9.08. The molecular formula is C24H19N3O. The molecule has 1 aromatic heterocycles. The molecule has 0 amide bonds. The summed E-state index contributed by atoms with van der Waals surface area (Å²) >= 11 is 0. The van der Waals surface area contributed by atoms with Crippen LogP contribution in [0.4, 0.5) is 0 Å². The van der Waals surface area contributed by atoms with Gasteiger partial charge in [-0.15, -0.1) is 0 Å². The van der Waals surface area contributed by atoms with Gasteiger partial charge in [0.2, 0.25) is 0 Å². The van der Waals surface area contributed by atoms with Gasteiger partial charge < -0.3 is 9.67 Å². The van der Waals surface area contributed by atoms with Crippen LogP contribution in [-0.4, -0.2) is 14.7 Å². The van der Waals surface area contributed by atoms with E-state index < -0.39 is 0 Å². The second kappa shape index (κ2) is 7.91. The quantitative estimate of drug-likeness (QED) is 0.561. The van der Waals surface area contributed by atoms with Crippen molar-refractivity contribution < 1.29 is 5.11 Å². The molecule has 0 aliphatic rings. The van der Waals surface area contributed by atoms with Crippen LogP contribution in [0.15, 0.2) is 85.2 Å². The Bertz CT molecular complexity index is 1120. The molecule has 0 saturated heterocycles. The largest absolute Gasteiger partial charge is 0.392 e. The molecular weight excluding hydrogens is 346 g/mol. The van der Waals surface area contributed by atoms with Gasteiger partial charge in [0.05, 0.1) is 36.0 Å². The van der Waals surface area contributed by atoms with Crippen molar-refractivity contribution in [2.24, 2.45) is 0 Å². The van der Waals surface area contributed by atoms with Crippen LogP contribution >= 0.6 is 0 Å². The van der Waals surface area contributed by atoms with Crippen LogP contribution < -0.4 is 0 Å². The summed E-state index contributed by atoms with van der Waals surface area (Å²) in [5.41, 5.74) is 6.50. The number of hydrogen-bond acceptors (Lipinski definition) is 3. The van der Waals surface area contributed by atoms with E-state index in [1.165, 1.54) is 0 Å². The molecule has 4 nitrogen and oxygen atoms in total. The van der Waals surface area contributed by atoms with Gasteiger partial charge in [-0.2, -0.15) is 5.26 Å². The van der Waals surface area contributed by atoms with Gasteiger partial charge in [-0.25, -0.2) is 4.98 Å². The lowest BCUT2D eigenvalue weighted by Crippen LogP contribution is -2.01. The molecule has 0 radical (unpaired) electrons. The van der Waals surface area contributed by atoms with Crippen molar-refractivity contribution in [2.45, 2.75) is 13.2 Å². The first kappa shape index (κ1) is 17.7. The fourth-order valence-corrected chi connectivity index (χ4v) is 3.29. The summed E-state index contributed by atoms with van der Waals surface area (Å²) in [7, 11) is 0. The van der Waals surface area contributed by atoms with Gasteiger partial charge >= 0.3 is 0 Å². The van der Waals surface area contributed by atoms with Crippen molar-refractivity contribution in [3.8, 4) is 28.6 Å². The number of benzene rings is 3. The standard InChI is InChI=1S/C24H19N3O/c25-14-20-5-4-8-22(13-20)24-23(21-6-2-1-3-7-21)26-17-27(24)15-18-9-11-19(16-28)12-10-18/h1-13,17,28H,15-16H2. The van der Waals surface area contributed by atoms with Gasteiger partial charge in [0.15, 0.2) is 0 Å². The van der Waals surface area contributed by atoms with E-state index in [1.807, 2.05) is 79.1 Å². The van der Waals surface area contributed by atoms with E-state index >= 15 is 0 Å². The Morgan fingerprint density at radius 1 is 0.857 bits per heavy atom. The topological polar surface area (TPSA) is 61.8 Å². The number of hydrogen-bond donors (Lipinski definition) is 1. The van der Waals surface area contributed by atoms with E-state index in [9.17, 15) is 10.4 Å². The van der Waals surface area contributed by atoms with Crippen LogP contribution in [0.5, 0.6) is 0 Å². The van der Waals surface area contributed by atoms with E-state index in [-0.39, 0.29) is 6.61 Å². The number of nitrogens with zero attached hydrogens (tertiary/aromatic N) is 3. The lowest BCUT2D eigenvalue weighted by molar-refractivity contribution is 0.282. The van der Waals surface area contributed by atoms with E-state index in [4.69, 9.17) is 0 Å². The van der Waals surface area contributed by atoms with Crippen molar-refractivity contribution in [3.05, 3.63) is 102 Å². The molecule has 0 spiro atoms. The Balaban J connectivity index is 1.82. The molecule has 0 atom stereocenters. The first-order chi connectivity index (χ1) is 13.8. The summed E-state index contributed by atoms with van der Waals surface area (Å²) in [6, 6.07) is 27.8. The first-order valence-corrected chi connectivity index (χ1v) is 9.08. The molecule has 28 heavy (non-hydrogen) atoms. The Hall–Kier alpha value is -3.68. The van der Waals surface area contributed by atoms with Crippen LogP contribution in [0.3, 0.4) is 0 Å². The van der Waals surface area contributed by atoms with Gasteiger partial charge in [0.25, 0.3) is 0 Å². The number of imidazole rings is 1. The summed E-state index contributed by atoms with van der Waals surface area (Å²) in [5, 5.41) is 18.6. The van der Waals surface area contributed by atoms with Gasteiger partial charge in [-0.3, -0.25) is 0 Å². The van der Waals surface area contributed by atoms with E-state index in [2.05, 4.69) is 15.6 Å². The third-order valence-electron chi connectivity index (χ3n) is 4.71. The van der Waals surface area contributed by atoms with E-state index in [0.717, 1.165) is 33.6 Å². The van der Waals surface area contributed by atoms with E-state index in [0.29, 0.717) is 12.1 Å². The fourth-order valence-electron chi connectivity index (χ4n) is 3.29. The Kier molecular flexibility index (Phi) is 5.01. The van der Waals surface area contributed by atoms with Crippen molar-refractivity contribution in [2.75, 3.05) is 0 Å². The summed E-state index contributed by atoms with van der Waals surface area (Å²) in [6.45, 7) is 0.688. The molecule has 136 valence electrons. The molecule has 0 bridgehead atoms. The minimum atomic E-state index is 0.0374. The molecule has 4 rings (SSSR count). The summed E-state index contributed by atoms with van der Waals surface area (Å²) in [6.07, 6.45) is 1.84. The fraction of sp³-hybridized carbons (Fsp3) is 0.0833. The normalized spacial score (nSPS) is 10.6. The molecule has 4 heteroatoms. The maximum absolute atomic E-state index is 9.31. The number of aliphatic hydroxyl groups excluding tert-OH is 1. The monoisotopic (exact) mass is 365 g/mol. The van der Waals surface area contributed by atoms with Gasteiger partial charge in [0, 0.05) is 17.7 Å². The van der Waals surface area contributed by atoms with Crippen molar-refractivity contribution in [3.63, 3.8) is 0 Å². The van der Waals surface area contributed by atoms with E-state index in [1.54, 1.807) is 6.07 Å². The Morgan fingerprint density at radius 3 is 2.29 bits per heavy atom. The lowest BCUT2D eigenvalue weighted by atomic mass is 10.0. The third kappa shape index (κ3) is 3.57. The molecule has 4 aromatic rings. The van der Waals surface area contributed by atoms with Gasteiger partial charge in [-0.1, -0.05) is 66.7 Å². The van der Waals surface area contributed by atoms with Gasteiger partial charge in [-0.05, 0) is 23.3 Å². The highest BCUT2D eigenvalue weighted by Crippen LogP contribution is 2.32. The third-order valence-corrected chi connectivity index (χ3v) is 4.71. The number of rotatable bonds is 5. The highest BCUT2D eigenvalue weighted by molar-refractivity contribution is 5.79. The zero-order chi connectivity index (χ0) is 19.3. The minimum absolute atomic E-state index is 0.0374. The second-order valence-electron chi connectivity index (χ2n) is 6.60. The van der Waals surface area contributed by atoms with Crippen molar-refractivity contribution in [1.29, 1.82) is 5.26 Å². The zero-order valence-corrected chi connectivity index (χ0v) is 15.3. The number of aliphatic hydroxyl groups is 1.